The second-order valence-electron chi connectivity index (χ2n) is 28.0. The lowest BCUT2D eigenvalue weighted by Gasteiger charge is -2.60. The first-order valence-electron chi connectivity index (χ1n) is 34.1. The van der Waals surface area contributed by atoms with Crippen molar-refractivity contribution in [3.05, 3.63) is 88.5 Å². The van der Waals surface area contributed by atoms with Crippen molar-refractivity contribution < 1.29 is 62.8 Å². The van der Waals surface area contributed by atoms with Crippen LogP contribution < -0.4 is 48.7 Å². The number of nitrogens with zero attached hydrogens (tertiary/aromatic N) is 1. The van der Waals surface area contributed by atoms with Gasteiger partial charge in [0.1, 0.15) is 43.2 Å². The number of fused-ring (bicyclic) bond motifs is 6. The number of benzene rings is 3. The lowest BCUT2D eigenvalue weighted by Crippen LogP contribution is -2.66. The number of carbonyl (C=O) groups excluding carboxylic acids is 9. The van der Waals surface area contributed by atoms with Crippen LogP contribution in [0, 0.1) is 35.0 Å². The van der Waals surface area contributed by atoms with E-state index in [1.54, 1.807) is 55.1 Å². The molecule has 2 saturated carbocycles. The summed E-state index contributed by atoms with van der Waals surface area (Å²) in [6, 6.07) is 12.3. The van der Waals surface area contributed by atoms with Crippen LogP contribution in [-0.4, -0.2) is 131 Å². The molecule has 0 heterocycles. The van der Waals surface area contributed by atoms with Crippen LogP contribution in [0.4, 0.5) is 21.0 Å². The van der Waals surface area contributed by atoms with Gasteiger partial charge in [0.05, 0.1) is 23.6 Å². The highest BCUT2D eigenvalue weighted by Crippen LogP contribution is 2.61. The van der Waals surface area contributed by atoms with Crippen LogP contribution >= 0.6 is 0 Å². The Bertz CT molecular complexity index is 3330. The number of primary amides is 1. The van der Waals surface area contributed by atoms with Crippen molar-refractivity contribution in [1.29, 1.82) is 0 Å². The summed E-state index contributed by atoms with van der Waals surface area (Å²) in [5.41, 5.74) is 14.8. The molecule has 11 atom stereocenters. The van der Waals surface area contributed by atoms with Crippen molar-refractivity contribution in [2.24, 2.45) is 34.6 Å². The van der Waals surface area contributed by atoms with Gasteiger partial charge in [-0.05, 0) is 202 Å². The number of phenols is 1. The van der Waals surface area contributed by atoms with E-state index in [1.165, 1.54) is 5.56 Å². The fraction of sp³-hybridized carbons (Fsp3) is 0.597. The van der Waals surface area contributed by atoms with Gasteiger partial charge >= 0.3 is 12.1 Å². The number of aliphatic hydroxyl groups is 1. The number of aromatic hydroxyl groups is 1. The first-order valence-corrected chi connectivity index (χ1v) is 34.1. The third kappa shape index (κ3) is 17.7. The third-order valence-corrected chi connectivity index (χ3v) is 21.1. The molecule has 23 nitrogen and oxygen atoms in total. The first kappa shape index (κ1) is 72.8. The highest BCUT2D eigenvalue weighted by atomic mass is 16.5. The highest BCUT2D eigenvalue weighted by Gasteiger charge is 2.61. The zero-order chi connectivity index (χ0) is 68.7. The molecule has 1 unspecified atom stereocenters. The van der Waals surface area contributed by atoms with Crippen molar-refractivity contribution in [2.75, 3.05) is 36.9 Å². The van der Waals surface area contributed by atoms with E-state index in [0.29, 0.717) is 55.6 Å². The molecule has 10 amide bonds. The number of carbonyl (C=O) groups is 9. The van der Waals surface area contributed by atoms with E-state index in [4.69, 9.17) is 20.9 Å². The minimum atomic E-state index is -1.40. The molecule has 0 saturated heterocycles. The standard InChI is InChI=1S/C72H100N10O13/c1-45(2)61(81-62(87)55(73)19-12-13-37-75-60(86)43-94-52-17-10-8-7-9-11-18-52)65(90)79-56(20-14-38-76-67(74)92)63(88)77-49-27-21-46(22-28-49)42-95-68(93)80-57(41-83)64(89)78-50-29-23-47-25-31-58-69(3,53(47)39-50)33-15-35-71(58,5)66(91)82(44-84)72(6)36-16-34-70(4)54-40-51(85)30-24-48(54)26-32-59(70)72/h21-24,27-30,39-40,44-45,52,55-59,61,83,85H,7-10,12-17,19-20,25-26,31-38,41-43,73H2,1-6H3,(H,75,86)(H,77,88)(H,78,89)(H,79,90)(H,80,93)(H,81,87)(H3,74,76,92)/t52?,55-,56+,57+,58-,59-,61+,69-,70-,71+,72+/m1/s1. The van der Waals surface area contributed by atoms with Crippen LogP contribution in [0.2, 0.25) is 0 Å². The number of phenolic OH excluding ortho intramolecular Hbond substituents is 1. The summed E-state index contributed by atoms with van der Waals surface area (Å²) < 4.78 is 11.2. The molecule has 0 bridgehead atoms. The zero-order valence-corrected chi connectivity index (χ0v) is 56.1. The number of rotatable bonds is 28. The summed E-state index contributed by atoms with van der Waals surface area (Å²) in [5.74, 6) is 2.96. The fourth-order valence-corrected chi connectivity index (χ4v) is 15.9. The number of anilines is 2. The molecule has 13 N–H and O–H groups in total. The quantitative estimate of drug-likeness (QED) is 0.0197. The first-order chi connectivity index (χ1) is 45.3. The Hall–Kier alpha value is -8.07. The van der Waals surface area contributed by atoms with Crippen LogP contribution in [0.3, 0.4) is 0 Å². The Morgan fingerprint density at radius 1 is 0.695 bits per heavy atom. The molecule has 3 aromatic rings. The van der Waals surface area contributed by atoms with Crippen LogP contribution in [0.15, 0.2) is 60.7 Å². The Balaban J connectivity index is 0.814. The summed E-state index contributed by atoms with van der Waals surface area (Å²) in [6.07, 6.45) is 13.6. The van der Waals surface area contributed by atoms with Gasteiger partial charge < -0.3 is 68.4 Å². The molecule has 0 radical (unpaired) electrons. The normalized spacial score (nSPS) is 24.7. The van der Waals surface area contributed by atoms with Gasteiger partial charge in [-0.3, -0.25) is 38.5 Å². The van der Waals surface area contributed by atoms with Gasteiger partial charge in [0.25, 0.3) is 0 Å². The van der Waals surface area contributed by atoms with Crippen molar-refractivity contribution in [1.82, 2.24) is 31.5 Å². The lowest BCUT2D eigenvalue weighted by molar-refractivity contribution is -0.166. The second-order valence-corrected chi connectivity index (χ2v) is 28.0. The minimum Gasteiger partial charge on any atom is -0.508 e. The number of nitrogens with two attached hydrogens (primary N) is 2. The average Bonchev–Trinajstić information content (AvgIpc) is 0.714. The van der Waals surface area contributed by atoms with Gasteiger partial charge in [-0.1, -0.05) is 84.1 Å². The number of aliphatic hydroxyl groups excluding tert-OH is 1. The maximum atomic E-state index is 15.4. The number of alkyl carbamates (subject to hydrolysis) is 1. The fourth-order valence-electron chi connectivity index (χ4n) is 15.9. The SMILES string of the molecule is CC(C)[C@H](NC(=O)[C@H](N)CCCCNC(=O)COC1C#CCCCCC1)C(=O)N[C@@H](CCCNC(N)=O)C(=O)Nc1ccc(COC(=O)N[C@@H](CO)C(=O)Nc2ccc3c(c2)[C@@]2(C)CCC[C@](C)(C(=O)N(C=O)[C@@]4(C)CCC[C@]5(C)c6cc(O)ccc6CC[C@@H]45)[C@@H]2CC3)cc1. The molecule has 2 fully saturated rings. The van der Waals surface area contributed by atoms with Crippen LogP contribution in [0.25, 0.3) is 0 Å². The topological polar surface area (TPSA) is 352 Å². The summed E-state index contributed by atoms with van der Waals surface area (Å²) >= 11 is 0. The van der Waals surface area contributed by atoms with E-state index in [9.17, 15) is 48.6 Å². The van der Waals surface area contributed by atoms with E-state index in [0.717, 1.165) is 100 Å². The molecule has 0 aliphatic heterocycles. The summed E-state index contributed by atoms with van der Waals surface area (Å²) in [6.45, 7) is 11.4. The van der Waals surface area contributed by atoms with E-state index < -0.39 is 88.8 Å². The number of nitrogens with one attached hydrogen (secondary N) is 7. The van der Waals surface area contributed by atoms with Gasteiger partial charge in [0.2, 0.25) is 41.9 Å². The van der Waals surface area contributed by atoms with Crippen LogP contribution in [0.1, 0.15) is 185 Å². The predicted octanol–water partition coefficient (Wildman–Crippen LogP) is 7.06. The molecule has 5 aliphatic rings. The lowest BCUT2D eigenvalue weighted by atomic mass is 9.48. The number of hydrogen-bond donors (Lipinski definition) is 11. The van der Waals surface area contributed by atoms with Gasteiger partial charge in [-0.2, -0.15) is 0 Å². The number of amides is 10. The van der Waals surface area contributed by atoms with Crippen molar-refractivity contribution in [2.45, 2.75) is 223 Å². The number of aryl methyl sites for hydroxylation is 2. The summed E-state index contributed by atoms with van der Waals surface area (Å²) in [5, 5.41) is 39.8. The third-order valence-electron chi connectivity index (χ3n) is 21.1. The number of imide groups is 1. The number of ether oxygens (including phenoxy) is 2. The van der Waals surface area contributed by atoms with E-state index in [2.05, 4.69) is 69.8 Å². The van der Waals surface area contributed by atoms with Crippen LogP contribution in [-0.2, 0) is 73.3 Å². The highest BCUT2D eigenvalue weighted by molar-refractivity contribution is 5.99. The maximum absolute atomic E-state index is 15.4. The van der Waals surface area contributed by atoms with Crippen molar-refractivity contribution in [3.63, 3.8) is 0 Å². The van der Waals surface area contributed by atoms with Crippen molar-refractivity contribution in [3.8, 4) is 17.6 Å². The Morgan fingerprint density at radius 2 is 1.35 bits per heavy atom. The molecular weight excluding hydrogens is 1210 g/mol. The Labute approximate surface area is 558 Å². The number of unbranched alkanes of at least 4 members (excludes halogenated alkanes) is 1. The molecular formula is C72H100N10O13. The molecule has 95 heavy (non-hydrogen) atoms. The van der Waals surface area contributed by atoms with Gasteiger partial charge in [-0.15, -0.1) is 5.92 Å². The number of urea groups is 1. The minimum absolute atomic E-state index is 0.00343. The second kappa shape index (κ2) is 32.6. The maximum Gasteiger partial charge on any atom is 0.408 e. The van der Waals surface area contributed by atoms with E-state index in [1.807, 2.05) is 31.2 Å². The smallest absolute Gasteiger partial charge is 0.408 e. The molecule has 23 heteroatoms. The van der Waals surface area contributed by atoms with Gasteiger partial charge in [0.15, 0.2) is 0 Å². The summed E-state index contributed by atoms with van der Waals surface area (Å²) in [4.78, 5) is 122. The Morgan fingerprint density at radius 3 is 2.05 bits per heavy atom. The Kier molecular flexibility index (Phi) is 25.0. The zero-order valence-electron chi connectivity index (χ0n) is 56.1. The monoisotopic (exact) mass is 1310 g/mol. The van der Waals surface area contributed by atoms with E-state index in [-0.39, 0.29) is 79.9 Å². The van der Waals surface area contributed by atoms with Gasteiger partial charge in [-0.25, -0.2) is 9.59 Å². The van der Waals surface area contributed by atoms with E-state index >= 15 is 4.79 Å². The molecule has 0 aromatic heterocycles. The average molecular weight is 1310 g/mol. The van der Waals surface area contributed by atoms with Crippen LogP contribution in [0.5, 0.6) is 5.75 Å². The van der Waals surface area contributed by atoms with Crippen molar-refractivity contribution >= 4 is 65.4 Å². The summed E-state index contributed by atoms with van der Waals surface area (Å²) in [7, 11) is 0. The molecule has 0 spiro atoms. The predicted molar refractivity (Wildman–Crippen MR) is 359 cm³/mol. The number of hydrogen-bond acceptors (Lipinski definition) is 14. The molecule has 5 aliphatic carbocycles. The molecule has 8 rings (SSSR count). The van der Waals surface area contributed by atoms with Gasteiger partial charge in [0, 0.05) is 30.9 Å². The largest absolute Gasteiger partial charge is 0.508 e. The molecule has 516 valence electrons. The molecule has 3 aromatic carbocycles.